The first-order chi connectivity index (χ1) is 6.66. The van der Waals surface area contributed by atoms with Crippen LogP contribution in [-0.4, -0.2) is 10.9 Å². The van der Waals surface area contributed by atoms with E-state index >= 15 is 0 Å². The smallest absolute Gasteiger partial charge is 0.224 e. The molecule has 1 aromatic heterocycles. The lowest BCUT2D eigenvalue weighted by Gasteiger charge is -2.17. The molecule has 0 saturated heterocycles. The summed E-state index contributed by atoms with van der Waals surface area (Å²) in [7, 11) is 0. The van der Waals surface area contributed by atoms with Gasteiger partial charge in [-0.1, -0.05) is 13.8 Å². The van der Waals surface area contributed by atoms with Crippen LogP contribution in [0.25, 0.3) is 0 Å². The SMILES string of the molecule is CC(C)c1cc2c(cn1)NC(=O)CC2. The minimum absolute atomic E-state index is 0.0941. The first-order valence-electron chi connectivity index (χ1n) is 4.95. The topological polar surface area (TPSA) is 42.0 Å². The number of hydrogen-bond acceptors (Lipinski definition) is 2. The zero-order valence-electron chi connectivity index (χ0n) is 8.50. The molecular weight excluding hydrogens is 176 g/mol. The maximum atomic E-state index is 11.1. The molecular formula is C11H14N2O. The maximum Gasteiger partial charge on any atom is 0.224 e. The van der Waals surface area contributed by atoms with Gasteiger partial charge in [-0.15, -0.1) is 0 Å². The van der Waals surface area contributed by atoms with E-state index in [1.807, 2.05) is 0 Å². The number of pyridine rings is 1. The van der Waals surface area contributed by atoms with Gasteiger partial charge >= 0.3 is 0 Å². The van der Waals surface area contributed by atoms with E-state index in [0.29, 0.717) is 12.3 Å². The molecule has 1 aliphatic heterocycles. The zero-order valence-corrected chi connectivity index (χ0v) is 8.50. The van der Waals surface area contributed by atoms with Crippen LogP contribution >= 0.6 is 0 Å². The Balaban J connectivity index is 2.36. The third kappa shape index (κ3) is 1.62. The van der Waals surface area contributed by atoms with Crippen LogP contribution < -0.4 is 5.32 Å². The molecule has 3 heteroatoms. The van der Waals surface area contributed by atoms with Crippen molar-refractivity contribution >= 4 is 11.6 Å². The highest BCUT2D eigenvalue weighted by Gasteiger charge is 2.15. The Bertz CT molecular complexity index is 372. The molecule has 14 heavy (non-hydrogen) atoms. The number of aromatic nitrogens is 1. The fraction of sp³-hybridized carbons (Fsp3) is 0.455. The molecule has 0 spiro atoms. The normalized spacial score (nSPS) is 15.2. The lowest BCUT2D eigenvalue weighted by Crippen LogP contribution is -2.19. The third-order valence-electron chi connectivity index (χ3n) is 2.50. The van der Waals surface area contributed by atoms with Crippen molar-refractivity contribution in [3.63, 3.8) is 0 Å². The summed E-state index contributed by atoms with van der Waals surface area (Å²) < 4.78 is 0. The highest BCUT2D eigenvalue weighted by atomic mass is 16.1. The Morgan fingerprint density at radius 1 is 1.43 bits per heavy atom. The van der Waals surface area contributed by atoms with Gasteiger partial charge < -0.3 is 5.32 Å². The second kappa shape index (κ2) is 3.40. The van der Waals surface area contributed by atoms with E-state index < -0.39 is 0 Å². The van der Waals surface area contributed by atoms with Crippen LogP contribution in [-0.2, 0) is 11.2 Å². The molecule has 1 amide bonds. The van der Waals surface area contributed by atoms with Crippen molar-refractivity contribution in [3.05, 3.63) is 23.5 Å². The molecule has 0 saturated carbocycles. The van der Waals surface area contributed by atoms with Crippen molar-refractivity contribution in [2.75, 3.05) is 5.32 Å². The van der Waals surface area contributed by atoms with Gasteiger partial charge in [0.25, 0.3) is 0 Å². The van der Waals surface area contributed by atoms with E-state index in [1.165, 1.54) is 5.56 Å². The molecule has 3 nitrogen and oxygen atoms in total. The Morgan fingerprint density at radius 3 is 2.93 bits per heavy atom. The van der Waals surface area contributed by atoms with Crippen LogP contribution in [0.1, 0.15) is 37.4 Å². The van der Waals surface area contributed by atoms with Gasteiger partial charge in [-0.3, -0.25) is 9.78 Å². The summed E-state index contributed by atoms with van der Waals surface area (Å²) >= 11 is 0. The highest BCUT2D eigenvalue weighted by Crippen LogP contribution is 2.24. The average molecular weight is 190 g/mol. The van der Waals surface area contributed by atoms with Crippen molar-refractivity contribution in [2.24, 2.45) is 0 Å². The summed E-state index contributed by atoms with van der Waals surface area (Å²) in [6.07, 6.45) is 3.19. The van der Waals surface area contributed by atoms with Crippen LogP contribution in [0.4, 0.5) is 5.69 Å². The second-order valence-corrected chi connectivity index (χ2v) is 3.97. The molecule has 2 heterocycles. The van der Waals surface area contributed by atoms with Crippen molar-refractivity contribution in [3.8, 4) is 0 Å². The van der Waals surface area contributed by atoms with E-state index in [1.54, 1.807) is 6.20 Å². The maximum absolute atomic E-state index is 11.1. The minimum atomic E-state index is 0.0941. The number of nitrogens with zero attached hydrogens (tertiary/aromatic N) is 1. The van der Waals surface area contributed by atoms with Crippen LogP contribution in [0, 0.1) is 0 Å². The minimum Gasteiger partial charge on any atom is -0.324 e. The molecule has 0 aliphatic carbocycles. The summed E-state index contributed by atoms with van der Waals surface area (Å²) in [6.45, 7) is 4.24. The van der Waals surface area contributed by atoms with Gasteiger partial charge in [0.2, 0.25) is 5.91 Å². The molecule has 0 unspecified atom stereocenters. The lowest BCUT2D eigenvalue weighted by molar-refractivity contribution is -0.116. The molecule has 74 valence electrons. The quantitative estimate of drug-likeness (QED) is 0.736. The second-order valence-electron chi connectivity index (χ2n) is 3.97. The van der Waals surface area contributed by atoms with Crippen LogP contribution in [0.3, 0.4) is 0 Å². The van der Waals surface area contributed by atoms with Gasteiger partial charge in [0.15, 0.2) is 0 Å². The zero-order chi connectivity index (χ0) is 10.1. The van der Waals surface area contributed by atoms with Crippen molar-refractivity contribution in [1.82, 2.24) is 4.98 Å². The van der Waals surface area contributed by atoms with Crippen LogP contribution in [0.15, 0.2) is 12.3 Å². The van der Waals surface area contributed by atoms with Gasteiger partial charge in [0, 0.05) is 12.1 Å². The van der Waals surface area contributed by atoms with Crippen LogP contribution in [0.5, 0.6) is 0 Å². The van der Waals surface area contributed by atoms with Gasteiger partial charge in [0.1, 0.15) is 0 Å². The summed E-state index contributed by atoms with van der Waals surface area (Å²) in [5, 5.41) is 2.82. The van der Waals surface area contributed by atoms with E-state index in [0.717, 1.165) is 17.8 Å². The number of carbonyl (C=O) groups excluding carboxylic acids is 1. The van der Waals surface area contributed by atoms with E-state index in [-0.39, 0.29) is 5.91 Å². The number of nitrogens with one attached hydrogen (secondary N) is 1. The van der Waals surface area contributed by atoms with Crippen molar-refractivity contribution < 1.29 is 4.79 Å². The number of anilines is 1. The highest BCUT2D eigenvalue weighted by molar-refractivity contribution is 5.93. The van der Waals surface area contributed by atoms with Gasteiger partial charge in [0.05, 0.1) is 11.9 Å². The third-order valence-corrected chi connectivity index (χ3v) is 2.50. The fourth-order valence-corrected chi connectivity index (χ4v) is 1.61. The largest absolute Gasteiger partial charge is 0.324 e. The van der Waals surface area contributed by atoms with Crippen molar-refractivity contribution in [2.45, 2.75) is 32.6 Å². The molecule has 0 bridgehead atoms. The van der Waals surface area contributed by atoms with Gasteiger partial charge in [-0.2, -0.15) is 0 Å². The summed E-state index contributed by atoms with van der Waals surface area (Å²) in [6, 6.07) is 2.10. The molecule has 0 fully saturated rings. The van der Waals surface area contributed by atoms with E-state index in [9.17, 15) is 4.79 Å². The number of rotatable bonds is 1. The Hall–Kier alpha value is -1.38. The fourth-order valence-electron chi connectivity index (χ4n) is 1.61. The molecule has 0 radical (unpaired) electrons. The molecule has 2 rings (SSSR count). The number of amides is 1. The Morgan fingerprint density at radius 2 is 2.21 bits per heavy atom. The molecule has 0 atom stereocenters. The van der Waals surface area contributed by atoms with Crippen molar-refractivity contribution in [1.29, 1.82) is 0 Å². The van der Waals surface area contributed by atoms with E-state index in [2.05, 4.69) is 30.2 Å². The number of hydrogen-bond donors (Lipinski definition) is 1. The van der Waals surface area contributed by atoms with Crippen LogP contribution in [0.2, 0.25) is 0 Å². The standard InChI is InChI=1S/C11H14N2O/c1-7(2)9-5-8-3-4-11(14)13-10(8)6-12-9/h5-7H,3-4H2,1-2H3,(H,13,14). The average Bonchev–Trinajstić information content (AvgIpc) is 2.16. The molecule has 0 aromatic carbocycles. The lowest BCUT2D eigenvalue weighted by atomic mass is 10.0. The summed E-state index contributed by atoms with van der Waals surface area (Å²) in [4.78, 5) is 15.4. The first kappa shape index (κ1) is 9.19. The number of fused-ring (bicyclic) bond motifs is 1. The predicted octanol–water partition coefficient (Wildman–Crippen LogP) is 2.09. The summed E-state index contributed by atoms with van der Waals surface area (Å²) in [5.41, 5.74) is 3.19. The first-order valence-corrected chi connectivity index (χ1v) is 4.95. The molecule has 1 N–H and O–H groups in total. The number of carbonyl (C=O) groups is 1. The molecule has 1 aromatic rings. The molecule has 1 aliphatic rings. The predicted molar refractivity (Wildman–Crippen MR) is 55.3 cm³/mol. The Kier molecular flexibility index (Phi) is 2.23. The van der Waals surface area contributed by atoms with Gasteiger partial charge in [-0.05, 0) is 24.0 Å². The monoisotopic (exact) mass is 190 g/mol. The van der Waals surface area contributed by atoms with Gasteiger partial charge in [-0.25, -0.2) is 0 Å². The summed E-state index contributed by atoms with van der Waals surface area (Å²) in [5.74, 6) is 0.537. The Labute approximate surface area is 83.5 Å². The number of aryl methyl sites for hydroxylation is 1. The van der Waals surface area contributed by atoms with E-state index in [4.69, 9.17) is 0 Å².